The van der Waals surface area contributed by atoms with Crippen molar-refractivity contribution in [3.05, 3.63) is 109 Å². The van der Waals surface area contributed by atoms with E-state index >= 15 is 0 Å². The van der Waals surface area contributed by atoms with Gasteiger partial charge >= 0.3 is 51.4 Å². The van der Waals surface area contributed by atoms with Gasteiger partial charge in [-0.3, -0.25) is 0 Å². The van der Waals surface area contributed by atoms with Gasteiger partial charge in [0.15, 0.2) is 0 Å². The van der Waals surface area contributed by atoms with Crippen molar-refractivity contribution in [2.45, 2.75) is 0 Å². The zero-order valence-corrected chi connectivity index (χ0v) is 22.9. The van der Waals surface area contributed by atoms with Crippen LogP contribution in [0.1, 0.15) is 0 Å². The fourth-order valence-electron chi connectivity index (χ4n) is 4.76. The maximum atomic E-state index is 5.64. The number of benzene rings is 6. The van der Waals surface area contributed by atoms with Crippen LogP contribution in [0.5, 0.6) is 0 Å². The van der Waals surface area contributed by atoms with Gasteiger partial charge < -0.3 is 29.7 Å². The van der Waals surface area contributed by atoms with E-state index in [1.165, 1.54) is 32.3 Å². The number of rotatable bonds is 2. The smallest absolute Gasteiger partial charge is 0.411 e. The number of hydrogen-bond acceptors (Lipinski definition) is 2. The summed E-state index contributed by atoms with van der Waals surface area (Å²) in [7, 11) is 0. The van der Waals surface area contributed by atoms with Crippen molar-refractivity contribution in [2.75, 3.05) is 4.90 Å². The van der Waals surface area contributed by atoms with Gasteiger partial charge in [-0.15, -0.1) is 0 Å². The van der Waals surface area contributed by atoms with Gasteiger partial charge in [-0.1, -0.05) is 101 Å². The summed E-state index contributed by atoms with van der Waals surface area (Å²) < 4.78 is 0.409. The summed E-state index contributed by atoms with van der Waals surface area (Å²) in [4.78, 5) is 2.04. The van der Waals surface area contributed by atoms with Crippen LogP contribution in [0, 0.1) is 0 Å². The van der Waals surface area contributed by atoms with Crippen LogP contribution in [0.15, 0.2) is 109 Å². The van der Waals surface area contributed by atoms with Gasteiger partial charge in [-0.25, -0.2) is 0 Å². The Morgan fingerprint density at radius 3 is 1.36 bits per heavy atom. The minimum Gasteiger partial charge on any atom is -0.411 e. The summed E-state index contributed by atoms with van der Waals surface area (Å²) in [5.41, 5.74) is 2.02. The van der Waals surface area contributed by atoms with E-state index in [1.54, 1.807) is 0 Å². The van der Waals surface area contributed by atoms with Crippen molar-refractivity contribution >= 4 is 83.6 Å². The quantitative estimate of drug-likeness (QED) is 0.143. The molecule has 0 aromatic heterocycles. The number of anilines is 2. The molecule has 0 aliphatic heterocycles. The molecule has 0 heterocycles. The van der Waals surface area contributed by atoms with E-state index in [9.17, 15) is 0 Å². The van der Waals surface area contributed by atoms with E-state index in [2.05, 4.69) is 109 Å². The fourth-order valence-corrected chi connectivity index (χ4v) is 5.16. The summed E-state index contributed by atoms with van der Waals surface area (Å²) >= 11 is 11.3. The molecular weight excluding hydrogens is 466 g/mol. The molecule has 0 spiro atoms. The van der Waals surface area contributed by atoms with Crippen LogP contribution in [0.3, 0.4) is 0 Å². The maximum absolute atomic E-state index is 5.64. The maximum Gasteiger partial charge on any atom is 1.00 e. The normalized spacial score (nSPS) is 11.0. The predicted molar refractivity (Wildman–Crippen MR) is 145 cm³/mol. The van der Waals surface area contributed by atoms with E-state index in [-0.39, 0.29) is 51.4 Å². The van der Waals surface area contributed by atoms with Gasteiger partial charge in [0.25, 0.3) is 0 Å². The van der Waals surface area contributed by atoms with Crippen LogP contribution in [0.2, 0.25) is 0 Å². The standard InChI is InChI=1S/C29H19NS2.K/c31-29(32)30(27-13-5-11-23-21-9-3-1-7-19(21)15-17-25(23)27)28-14-6-12-24-22-10-4-2-8-20(22)16-18-26(24)28;/h1-18H,(H,31,32);/q;+1/p-1. The van der Waals surface area contributed by atoms with Gasteiger partial charge in [0, 0.05) is 10.8 Å². The van der Waals surface area contributed by atoms with Crippen LogP contribution in [-0.4, -0.2) is 4.32 Å². The zero-order chi connectivity index (χ0) is 21.7. The molecule has 0 saturated carbocycles. The molecule has 1 nitrogen and oxygen atoms in total. The number of hydrogen-bond donors (Lipinski definition) is 0. The molecule has 0 unspecified atom stereocenters. The summed E-state index contributed by atoms with van der Waals surface area (Å²) in [6.07, 6.45) is 0. The Bertz CT molecular complexity index is 1560. The second-order valence-corrected chi connectivity index (χ2v) is 8.95. The van der Waals surface area contributed by atoms with Crippen LogP contribution < -0.4 is 56.3 Å². The summed E-state index contributed by atoms with van der Waals surface area (Å²) in [6, 6.07) is 38.4. The van der Waals surface area contributed by atoms with E-state index < -0.39 is 0 Å². The molecule has 152 valence electrons. The Kier molecular flexibility index (Phi) is 6.51. The van der Waals surface area contributed by atoms with Crippen molar-refractivity contribution in [1.29, 1.82) is 0 Å². The molecule has 0 bridgehead atoms. The van der Waals surface area contributed by atoms with E-state index in [0.29, 0.717) is 4.32 Å². The van der Waals surface area contributed by atoms with E-state index in [4.69, 9.17) is 24.8 Å². The first-order valence-electron chi connectivity index (χ1n) is 10.5. The third-order valence-corrected chi connectivity index (χ3v) is 6.56. The molecule has 6 rings (SSSR count). The second-order valence-electron chi connectivity index (χ2n) is 7.92. The van der Waals surface area contributed by atoms with Gasteiger partial charge in [0.2, 0.25) is 0 Å². The second kappa shape index (κ2) is 9.39. The Labute approximate surface area is 246 Å². The van der Waals surface area contributed by atoms with Crippen molar-refractivity contribution in [2.24, 2.45) is 0 Å². The number of thiocarbonyl (C=S) groups is 1. The van der Waals surface area contributed by atoms with Crippen molar-refractivity contribution in [3.63, 3.8) is 0 Å². The largest absolute Gasteiger partial charge is 1.00 e. The SMILES string of the molecule is S=C([S-])N(c1cccc2c1ccc1ccccc12)c1cccc2c1ccc1ccccc12.[K+]. The van der Waals surface area contributed by atoms with Crippen molar-refractivity contribution in [3.8, 4) is 0 Å². The Morgan fingerprint density at radius 1 is 0.485 bits per heavy atom. The fraction of sp³-hybridized carbons (Fsp3) is 0. The molecule has 0 aliphatic carbocycles. The van der Waals surface area contributed by atoms with Gasteiger partial charge in [-0.05, 0) is 44.5 Å². The van der Waals surface area contributed by atoms with Gasteiger partial charge in [0.1, 0.15) is 0 Å². The minimum absolute atomic E-state index is 0. The molecule has 0 radical (unpaired) electrons. The van der Waals surface area contributed by atoms with Gasteiger partial charge in [0.05, 0.1) is 11.4 Å². The van der Waals surface area contributed by atoms with E-state index in [1.807, 2.05) is 4.90 Å². The Balaban J connectivity index is 0.00000228. The average molecular weight is 484 g/mol. The van der Waals surface area contributed by atoms with Crippen molar-refractivity contribution in [1.82, 2.24) is 0 Å². The van der Waals surface area contributed by atoms with E-state index in [0.717, 1.165) is 22.1 Å². The molecule has 4 heteroatoms. The monoisotopic (exact) mass is 483 g/mol. The number of fused-ring (bicyclic) bond motifs is 6. The third-order valence-electron chi connectivity index (χ3n) is 6.19. The molecule has 0 aliphatic rings. The van der Waals surface area contributed by atoms with Gasteiger partial charge in [-0.2, -0.15) is 0 Å². The summed E-state index contributed by atoms with van der Waals surface area (Å²) in [5.74, 6) is 0. The van der Waals surface area contributed by atoms with Crippen LogP contribution in [0.4, 0.5) is 11.4 Å². The molecule has 6 aromatic rings. The molecule has 6 aromatic carbocycles. The minimum atomic E-state index is 0. The third kappa shape index (κ3) is 3.90. The molecule has 0 fully saturated rings. The molecular formula is C29H18KNS2. The molecule has 0 atom stereocenters. The number of nitrogens with zero attached hydrogens (tertiary/aromatic N) is 1. The summed E-state index contributed by atoms with van der Waals surface area (Å²) in [6.45, 7) is 0. The first-order chi connectivity index (χ1) is 15.7. The molecule has 0 N–H and O–H groups in total. The molecule has 33 heavy (non-hydrogen) atoms. The summed E-state index contributed by atoms with van der Waals surface area (Å²) in [5, 5.41) is 9.57. The van der Waals surface area contributed by atoms with Crippen LogP contribution >= 0.6 is 12.2 Å². The van der Waals surface area contributed by atoms with Crippen LogP contribution in [-0.2, 0) is 12.6 Å². The molecule has 0 amide bonds. The topological polar surface area (TPSA) is 3.24 Å². The Morgan fingerprint density at radius 2 is 0.909 bits per heavy atom. The first-order valence-corrected chi connectivity index (χ1v) is 11.4. The first kappa shape index (κ1) is 22.9. The average Bonchev–Trinajstić information content (AvgIpc) is 2.84. The predicted octanol–water partition coefficient (Wildman–Crippen LogP) is 5.27. The zero-order valence-electron chi connectivity index (χ0n) is 18.2. The van der Waals surface area contributed by atoms with Crippen LogP contribution in [0.25, 0.3) is 43.1 Å². The Hall–Kier alpha value is -1.89. The molecule has 0 saturated heterocycles. The van der Waals surface area contributed by atoms with Crippen molar-refractivity contribution < 1.29 is 51.4 Å².